The van der Waals surface area contributed by atoms with Crippen LogP contribution in [-0.2, 0) is 0 Å². The quantitative estimate of drug-likeness (QED) is 0.536. The van der Waals surface area contributed by atoms with E-state index >= 15 is 0 Å². The highest BCUT2D eigenvalue weighted by atomic mass is 35.5. The van der Waals surface area contributed by atoms with E-state index in [9.17, 15) is 10.1 Å². The number of nitrogens with zero attached hydrogens (tertiary/aromatic N) is 4. The Hall–Kier alpha value is -2.45. The van der Waals surface area contributed by atoms with Gasteiger partial charge in [0, 0.05) is 36.2 Å². The third-order valence-corrected chi connectivity index (χ3v) is 4.24. The SMILES string of the molecule is CN(C)CCNc1nc(Nc2cc(Cl)ccc2[N+](=O)[O-])cc(C2CC2)n1. The second kappa shape index (κ2) is 7.84. The van der Waals surface area contributed by atoms with Crippen LogP contribution in [0.25, 0.3) is 0 Å². The Balaban J connectivity index is 1.86. The molecule has 0 saturated heterocycles. The van der Waals surface area contributed by atoms with Gasteiger partial charge in [0.25, 0.3) is 5.69 Å². The highest BCUT2D eigenvalue weighted by molar-refractivity contribution is 6.31. The molecule has 3 rings (SSSR count). The molecule has 8 nitrogen and oxygen atoms in total. The van der Waals surface area contributed by atoms with Crippen molar-refractivity contribution in [1.82, 2.24) is 14.9 Å². The van der Waals surface area contributed by atoms with Crippen molar-refractivity contribution in [3.8, 4) is 0 Å². The summed E-state index contributed by atoms with van der Waals surface area (Å²) < 4.78 is 0. The van der Waals surface area contributed by atoms with Crippen LogP contribution in [0.15, 0.2) is 24.3 Å². The molecule has 1 aliphatic carbocycles. The smallest absolute Gasteiger partial charge is 0.292 e. The van der Waals surface area contributed by atoms with Crippen molar-refractivity contribution in [3.05, 3.63) is 45.1 Å². The molecule has 2 aromatic rings. The molecule has 0 aliphatic heterocycles. The molecule has 138 valence electrons. The van der Waals surface area contributed by atoms with E-state index in [2.05, 4.69) is 25.5 Å². The van der Waals surface area contributed by atoms with Crippen LogP contribution < -0.4 is 10.6 Å². The van der Waals surface area contributed by atoms with E-state index in [0.29, 0.717) is 34.9 Å². The highest BCUT2D eigenvalue weighted by Crippen LogP contribution is 2.40. The molecule has 1 aromatic heterocycles. The van der Waals surface area contributed by atoms with Gasteiger partial charge in [-0.3, -0.25) is 10.1 Å². The topological polar surface area (TPSA) is 96.2 Å². The number of anilines is 3. The number of nitro benzene ring substituents is 1. The van der Waals surface area contributed by atoms with Crippen LogP contribution in [0.5, 0.6) is 0 Å². The Morgan fingerprint density at radius 2 is 2.08 bits per heavy atom. The average Bonchev–Trinajstić information content (AvgIpc) is 3.39. The normalized spacial score (nSPS) is 13.7. The fourth-order valence-corrected chi connectivity index (χ4v) is 2.67. The molecule has 0 amide bonds. The van der Waals surface area contributed by atoms with Gasteiger partial charge >= 0.3 is 0 Å². The van der Waals surface area contributed by atoms with E-state index in [1.165, 1.54) is 18.2 Å². The lowest BCUT2D eigenvalue weighted by Gasteiger charge is -2.13. The van der Waals surface area contributed by atoms with Gasteiger partial charge in [-0.1, -0.05) is 11.6 Å². The molecule has 1 aromatic carbocycles. The predicted molar refractivity (Wildman–Crippen MR) is 102 cm³/mol. The molecule has 9 heteroatoms. The first-order chi connectivity index (χ1) is 12.4. The first-order valence-corrected chi connectivity index (χ1v) is 8.78. The van der Waals surface area contributed by atoms with Crippen LogP contribution in [0.1, 0.15) is 24.5 Å². The van der Waals surface area contributed by atoms with Crippen molar-refractivity contribution in [3.63, 3.8) is 0 Å². The average molecular weight is 377 g/mol. The van der Waals surface area contributed by atoms with Crippen LogP contribution in [0.4, 0.5) is 23.1 Å². The molecule has 0 unspecified atom stereocenters. The minimum atomic E-state index is -0.447. The van der Waals surface area contributed by atoms with Crippen LogP contribution in [0.3, 0.4) is 0 Å². The maximum absolute atomic E-state index is 11.3. The Morgan fingerprint density at radius 3 is 2.73 bits per heavy atom. The van der Waals surface area contributed by atoms with Crippen molar-refractivity contribution >= 4 is 34.7 Å². The summed E-state index contributed by atoms with van der Waals surface area (Å²) in [6, 6.07) is 6.25. The molecular weight excluding hydrogens is 356 g/mol. The number of likely N-dealkylation sites (N-methyl/N-ethyl adjacent to an activating group) is 1. The Bertz CT molecular complexity index is 810. The zero-order chi connectivity index (χ0) is 18.7. The third kappa shape index (κ3) is 4.80. The Morgan fingerprint density at radius 1 is 1.31 bits per heavy atom. The number of aromatic nitrogens is 2. The molecule has 0 atom stereocenters. The van der Waals surface area contributed by atoms with E-state index in [0.717, 1.165) is 25.1 Å². The van der Waals surface area contributed by atoms with E-state index in [-0.39, 0.29) is 5.69 Å². The summed E-state index contributed by atoms with van der Waals surface area (Å²) in [6.07, 6.45) is 2.20. The van der Waals surface area contributed by atoms with Crippen molar-refractivity contribution in [1.29, 1.82) is 0 Å². The number of benzene rings is 1. The van der Waals surface area contributed by atoms with Gasteiger partial charge in [0.2, 0.25) is 5.95 Å². The van der Waals surface area contributed by atoms with Gasteiger partial charge < -0.3 is 15.5 Å². The highest BCUT2D eigenvalue weighted by Gasteiger charge is 2.26. The molecule has 0 radical (unpaired) electrons. The zero-order valence-corrected chi connectivity index (χ0v) is 15.5. The molecule has 1 heterocycles. The van der Waals surface area contributed by atoms with E-state index in [1.54, 1.807) is 0 Å². The second-order valence-electron chi connectivity index (χ2n) is 6.55. The predicted octanol–water partition coefficient (Wildman–Crippen LogP) is 3.63. The van der Waals surface area contributed by atoms with Gasteiger partial charge in [-0.25, -0.2) is 4.98 Å². The summed E-state index contributed by atoms with van der Waals surface area (Å²) >= 11 is 6.00. The first kappa shape index (κ1) is 18.3. The monoisotopic (exact) mass is 376 g/mol. The van der Waals surface area contributed by atoms with Gasteiger partial charge in [-0.2, -0.15) is 4.98 Å². The van der Waals surface area contributed by atoms with Crippen LogP contribution in [0, 0.1) is 10.1 Å². The van der Waals surface area contributed by atoms with Crippen molar-refractivity contribution in [2.45, 2.75) is 18.8 Å². The summed E-state index contributed by atoms with van der Waals surface area (Å²) in [5, 5.41) is 17.9. The molecule has 2 N–H and O–H groups in total. The fourth-order valence-electron chi connectivity index (χ4n) is 2.49. The maximum atomic E-state index is 11.3. The van der Waals surface area contributed by atoms with E-state index < -0.39 is 4.92 Å². The standard InChI is InChI=1S/C17H21ClN6O2/c1-23(2)8-7-19-17-21-13(11-3-4-11)10-16(22-17)20-14-9-12(18)5-6-15(14)24(25)26/h5-6,9-11H,3-4,7-8H2,1-2H3,(H2,19,20,21,22). The Labute approximate surface area is 156 Å². The third-order valence-electron chi connectivity index (χ3n) is 4.00. The molecule has 0 spiro atoms. The molecule has 1 saturated carbocycles. The lowest BCUT2D eigenvalue weighted by Crippen LogP contribution is -2.21. The van der Waals surface area contributed by atoms with Gasteiger partial charge in [-0.15, -0.1) is 0 Å². The zero-order valence-electron chi connectivity index (χ0n) is 14.7. The van der Waals surface area contributed by atoms with Gasteiger partial charge in [0.1, 0.15) is 11.5 Å². The van der Waals surface area contributed by atoms with Crippen molar-refractivity contribution in [2.24, 2.45) is 0 Å². The number of nitrogens with one attached hydrogen (secondary N) is 2. The number of nitro groups is 1. The lowest BCUT2D eigenvalue weighted by molar-refractivity contribution is -0.383. The summed E-state index contributed by atoms with van der Waals surface area (Å²) in [7, 11) is 3.99. The van der Waals surface area contributed by atoms with Crippen LogP contribution >= 0.6 is 11.6 Å². The van der Waals surface area contributed by atoms with E-state index in [1.807, 2.05) is 20.2 Å². The first-order valence-electron chi connectivity index (χ1n) is 8.41. The largest absolute Gasteiger partial charge is 0.353 e. The minimum Gasteiger partial charge on any atom is -0.353 e. The molecule has 1 aliphatic rings. The number of halogens is 1. The molecule has 26 heavy (non-hydrogen) atoms. The summed E-state index contributed by atoms with van der Waals surface area (Å²) in [5.41, 5.74) is 1.20. The minimum absolute atomic E-state index is 0.0527. The van der Waals surface area contributed by atoms with Crippen LogP contribution in [-0.4, -0.2) is 47.0 Å². The van der Waals surface area contributed by atoms with Crippen molar-refractivity contribution < 1.29 is 4.92 Å². The fraction of sp³-hybridized carbons (Fsp3) is 0.412. The molecule has 1 fully saturated rings. The number of hydrogen-bond acceptors (Lipinski definition) is 7. The number of rotatable bonds is 8. The number of hydrogen-bond donors (Lipinski definition) is 2. The second-order valence-corrected chi connectivity index (χ2v) is 6.99. The Kier molecular flexibility index (Phi) is 5.53. The summed E-state index contributed by atoms with van der Waals surface area (Å²) in [6.45, 7) is 1.55. The molecule has 0 bridgehead atoms. The van der Waals surface area contributed by atoms with Crippen LogP contribution in [0.2, 0.25) is 5.02 Å². The van der Waals surface area contributed by atoms with E-state index in [4.69, 9.17) is 11.6 Å². The lowest BCUT2D eigenvalue weighted by atomic mass is 10.2. The maximum Gasteiger partial charge on any atom is 0.292 e. The molecular formula is C17H21ClN6O2. The van der Waals surface area contributed by atoms with Crippen molar-refractivity contribution in [2.75, 3.05) is 37.8 Å². The summed E-state index contributed by atoms with van der Waals surface area (Å²) in [5.74, 6) is 1.46. The van der Waals surface area contributed by atoms with Gasteiger partial charge in [-0.05, 0) is 39.1 Å². The van der Waals surface area contributed by atoms with Gasteiger partial charge in [0.15, 0.2) is 0 Å². The van der Waals surface area contributed by atoms with Gasteiger partial charge in [0.05, 0.1) is 10.6 Å². The summed E-state index contributed by atoms with van der Waals surface area (Å²) in [4.78, 5) is 21.9.